The number of fused-ring (bicyclic) bond motifs is 1. The van der Waals surface area contributed by atoms with Crippen molar-refractivity contribution >= 4 is 22.9 Å². The maximum absolute atomic E-state index is 12.9. The predicted octanol–water partition coefficient (Wildman–Crippen LogP) is 4.21. The molecular weight excluding hydrogens is 424 g/mol. The lowest BCUT2D eigenvalue weighted by Gasteiger charge is -2.09. The molecule has 0 aliphatic rings. The minimum atomic E-state index is -0.803. The van der Waals surface area contributed by atoms with Crippen LogP contribution in [0.5, 0.6) is 5.75 Å². The molecule has 8 nitrogen and oxygen atoms in total. The number of ether oxygens (including phenoxy) is 2. The molecule has 0 fully saturated rings. The van der Waals surface area contributed by atoms with Gasteiger partial charge < -0.3 is 13.9 Å². The number of nitrogens with zero attached hydrogens (tertiary/aromatic N) is 2. The molecule has 0 spiro atoms. The second-order valence-corrected chi connectivity index (χ2v) is 7.45. The van der Waals surface area contributed by atoms with Gasteiger partial charge in [-0.25, -0.2) is 14.3 Å². The Morgan fingerprint density at radius 2 is 1.76 bits per heavy atom. The zero-order valence-corrected chi connectivity index (χ0v) is 18.7. The minimum Gasteiger partial charge on any atom is -0.462 e. The molecule has 0 radical (unpaired) electrons. The van der Waals surface area contributed by atoms with Gasteiger partial charge in [0, 0.05) is 18.0 Å². The van der Waals surface area contributed by atoms with Crippen LogP contribution in [0.3, 0.4) is 0 Å². The summed E-state index contributed by atoms with van der Waals surface area (Å²) >= 11 is 0. The Hall–Kier alpha value is -4.20. The van der Waals surface area contributed by atoms with Crippen LogP contribution in [0.15, 0.2) is 57.7 Å². The van der Waals surface area contributed by atoms with E-state index in [-0.39, 0.29) is 23.5 Å². The number of hydrogen-bond acceptors (Lipinski definition) is 7. The molecule has 33 heavy (non-hydrogen) atoms. The van der Waals surface area contributed by atoms with Crippen LogP contribution in [-0.2, 0) is 11.8 Å². The largest absolute Gasteiger partial charge is 0.462 e. The fraction of sp³-hybridized carbons (Fsp3) is 0.200. The van der Waals surface area contributed by atoms with Gasteiger partial charge >= 0.3 is 11.9 Å². The van der Waals surface area contributed by atoms with Crippen LogP contribution in [0, 0.1) is 13.8 Å². The molecule has 0 aliphatic carbocycles. The van der Waals surface area contributed by atoms with E-state index in [0.29, 0.717) is 33.6 Å². The SMILES string of the molecule is CCOC(=O)c1c(-c2ccccc2)oc2ccc(OC(=O)c3c(C)c(C)nn(C)c3=O)cc12. The number of carbonyl (C=O) groups excluding carboxylic acids is 2. The van der Waals surface area contributed by atoms with Crippen LogP contribution >= 0.6 is 0 Å². The van der Waals surface area contributed by atoms with Crippen LogP contribution in [0.1, 0.15) is 38.9 Å². The first kappa shape index (κ1) is 22.0. The summed E-state index contributed by atoms with van der Waals surface area (Å²) in [6.07, 6.45) is 0. The van der Waals surface area contributed by atoms with Gasteiger partial charge in [0.05, 0.1) is 12.3 Å². The van der Waals surface area contributed by atoms with Crippen molar-refractivity contribution in [1.29, 1.82) is 0 Å². The second-order valence-electron chi connectivity index (χ2n) is 7.45. The van der Waals surface area contributed by atoms with Gasteiger partial charge in [-0.15, -0.1) is 0 Å². The van der Waals surface area contributed by atoms with Gasteiger partial charge in [-0.1, -0.05) is 30.3 Å². The predicted molar refractivity (Wildman–Crippen MR) is 122 cm³/mol. The lowest BCUT2D eigenvalue weighted by atomic mass is 10.1. The minimum absolute atomic E-state index is 0.0899. The van der Waals surface area contributed by atoms with Crippen molar-refractivity contribution in [2.24, 2.45) is 7.05 Å². The summed E-state index contributed by atoms with van der Waals surface area (Å²) in [5.74, 6) is -0.827. The molecule has 0 N–H and O–H groups in total. The van der Waals surface area contributed by atoms with Crippen LogP contribution in [0.4, 0.5) is 0 Å². The highest BCUT2D eigenvalue weighted by atomic mass is 16.5. The number of aryl methyl sites for hydroxylation is 2. The van der Waals surface area contributed by atoms with Crippen molar-refractivity contribution in [2.75, 3.05) is 6.61 Å². The van der Waals surface area contributed by atoms with E-state index in [1.165, 1.54) is 13.1 Å². The summed E-state index contributed by atoms with van der Waals surface area (Å²) < 4.78 is 17.8. The van der Waals surface area contributed by atoms with Gasteiger partial charge in [0.1, 0.15) is 28.2 Å². The van der Waals surface area contributed by atoms with E-state index < -0.39 is 17.5 Å². The number of esters is 2. The molecule has 0 aliphatic heterocycles. The van der Waals surface area contributed by atoms with Gasteiger partial charge in [-0.3, -0.25) is 4.79 Å². The summed E-state index contributed by atoms with van der Waals surface area (Å²) in [6.45, 7) is 5.26. The smallest absolute Gasteiger partial charge is 0.349 e. The Bertz CT molecular complexity index is 1430. The number of benzene rings is 2. The monoisotopic (exact) mass is 446 g/mol. The molecule has 0 amide bonds. The Balaban J connectivity index is 1.80. The highest BCUT2D eigenvalue weighted by Crippen LogP contribution is 2.36. The number of aromatic nitrogens is 2. The topological polar surface area (TPSA) is 101 Å². The first-order valence-electron chi connectivity index (χ1n) is 10.4. The number of hydrogen-bond donors (Lipinski definition) is 0. The van der Waals surface area contributed by atoms with E-state index in [4.69, 9.17) is 13.9 Å². The van der Waals surface area contributed by atoms with Crippen LogP contribution in [0.25, 0.3) is 22.3 Å². The molecule has 0 saturated carbocycles. The Morgan fingerprint density at radius 3 is 2.45 bits per heavy atom. The lowest BCUT2D eigenvalue weighted by molar-refractivity contribution is 0.0528. The molecule has 2 aromatic carbocycles. The van der Waals surface area contributed by atoms with E-state index in [2.05, 4.69) is 5.10 Å². The maximum atomic E-state index is 12.9. The molecule has 8 heteroatoms. The summed E-state index contributed by atoms with van der Waals surface area (Å²) in [5.41, 5.74) is 1.74. The molecule has 0 unspecified atom stereocenters. The van der Waals surface area contributed by atoms with E-state index in [1.807, 2.05) is 30.3 Å². The molecule has 4 aromatic rings. The number of furan rings is 1. The summed E-state index contributed by atoms with van der Waals surface area (Å²) in [5, 5.41) is 4.51. The van der Waals surface area contributed by atoms with Crippen molar-refractivity contribution in [1.82, 2.24) is 9.78 Å². The van der Waals surface area contributed by atoms with Crippen LogP contribution < -0.4 is 10.3 Å². The van der Waals surface area contributed by atoms with Gasteiger partial charge in [-0.2, -0.15) is 5.10 Å². The molecule has 0 bridgehead atoms. The maximum Gasteiger partial charge on any atom is 0.349 e. The fourth-order valence-corrected chi connectivity index (χ4v) is 3.59. The molecule has 0 saturated heterocycles. The Kier molecular flexibility index (Phi) is 5.83. The molecule has 0 atom stereocenters. The van der Waals surface area contributed by atoms with Crippen LogP contribution in [-0.4, -0.2) is 28.3 Å². The summed E-state index contributed by atoms with van der Waals surface area (Å²) in [7, 11) is 1.47. The Morgan fingerprint density at radius 1 is 1.03 bits per heavy atom. The molecular formula is C25H22N2O6. The average Bonchev–Trinajstić information content (AvgIpc) is 3.17. The second kappa shape index (κ2) is 8.74. The van der Waals surface area contributed by atoms with Gasteiger partial charge in [-0.05, 0) is 44.5 Å². The molecule has 2 aromatic heterocycles. The van der Waals surface area contributed by atoms with Crippen molar-refractivity contribution in [2.45, 2.75) is 20.8 Å². The lowest BCUT2D eigenvalue weighted by Crippen LogP contribution is -2.30. The van der Waals surface area contributed by atoms with E-state index >= 15 is 0 Å². The zero-order chi connectivity index (χ0) is 23.7. The van der Waals surface area contributed by atoms with Crippen molar-refractivity contribution in [3.05, 3.63) is 81.3 Å². The standard InChI is InChI=1S/C25H22N2O6/c1-5-31-24(29)21-18-13-17(11-12-19(18)33-22(21)16-9-7-6-8-10-16)32-25(30)20-14(2)15(3)26-27(4)23(20)28/h6-13H,5H2,1-4H3. The van der Waals surface area contributed by atoms with E-state index in [1.54, 1.807) is 32.9 Å². The van der Waals surface area contributed by atoms with E-state index in [0.717, 1.165) is 4.68 Å². The highest BCUT2D eigenvalue weighted by Gasteiger charge is 2.25. The average molecular weight is 446 g/mol. The third kappa shape index (κ3) is 4.03. The molecule has 4 rings (SSSR count). The fourth-order valence-electron chi connectivity index (χ4n) is 3.59. The van der Waals surface area contributed by atoms with Crippen LogP contribution in [0.2, 0.25) is 0 Å². The quantitative estimate of drug-likeness (QED) is 0.334. The Labute approximate surface area is 189 Å². The third-order valence-electron chi connectivity index (χ3n) is 5.32. The zero-order valence-electron chi connectivity index (χ0n) is 18.7. The first-order valence-corrected chi connectivity index (χ1v) is 10.4. The van der Waals surface area contributed by atoms with Gasteiger partial charge in [0.25, 0.3) is 5.56 Å². The molecule has 168 valence electrons. The van der Waals surface area contributed by atoms with Crippen molar-refractivity contribution in [3.8, 4) is 17.1 Å². The number of rotatable bonds is 5. The first-order chi connectivity index (χ1) is 15.8. The normalized spacial score (nSPS) is 10.9. The van der Waals surface area contributed by atoms with Crippen molar-refractivity contribution in [3.63, 3.8) is 0 Å². The summed E-state index contributed by atoms with van der Waals surface area (Å²) in [4.78, 5) is 38.1. The van der Waals surface area contributed by atoms with Gasteiger partial charge in [0.15, 0.2) is 0 Å². The van der Waals surface area contributed by atoms with Gasteiger partial charge in [0.2, 0.25) is 0 Å². The van der Waals surface area contributed by atoms with E-state index in [9.17, 15) is 14.4 Å². The van der Waals surface area contributed by atoms with Crippen molar-refractivity contribution < 1.29 is 23.5 Å². The highest BCUT2D eigenvalue weighted by molar-refractivity contribution is 6.09. The third-order valence-corrected chi connectivity index (χ3v) is 5.32. The number of carbonyl (C=O) groups is 2. The summed E-state index contributed by atoms with van der Waals surface area (Å²) in [6, 6.07) is 13.9. The molecule has 2 heterocycles.